The lowest BCUT2D eigenvalue weighted by Crippen LogP contribution is -3.00. The molecule has 23 heavy (non-hydrogen) atoms. The Hall–Kier alpha value is -2.54. The summed E-state index contributed by atoms with van der Waals surface area (Å²) in [4.78, 5) is 20.4. The minimum Gasteiger partial charge on any atom is -1.00 e. The Labute approximate surface area is 138 Å². The summed E-state index contributed by atoms with van der Waals surface area (Å²) in [5, 5.41) is 29.5. The molecule has 7 nitrogen and oxygen atoms in total. The zero-order chi connectivity index (χ0) is 15.7. The molecule has 1 atom stereocenters. The summed E-state index contributed by atoms with van der Waals surface area (Å²) in [5.41, 5.74) is 0.0149. The van der Waals surface area contributed by atoms with Gasteiger partial charge in [0, 0.05) is 6.07 Å². The zero-order valence-corrected chi connectivity index (χ0v) is 12.9. The van der Waals surface area contributed by atoms with Gasteiger partial charge in [0.2, 0.25) is 0 Å². The van der Waals surface area contributed by atoms with Crippen molar-refractivity contribution < 1.29 is 37.5 Å². The molecule has 1 aromatic carbocycles. The monoisotopic (exact) mass is 337 g/mol. The van der Waals surface area contributed by atoms with E-state index in [9.17, 15) is 15.0 Å². The number of aromatic carboxylic acids is 1. The molecule has 1 saturated heterocycles. The van der Waals surface area contributed by atoms with Crippen molar-refractivity contribution in [2.24, 2.45) is 0 Å². The lowest BCUT2D eigenvalue weighted by molar-refractivity contribution is -0.368. The van der Waals surface area contributed by atoms with E-state index in [0.29, 0.717) is 18.9 Å². The van der Waals surface area contributed by atoms with Gasteiger partial charge in [-0.15, -0.1) is 0 Å². The number of carboxylic acids is 1. The predicted octanol–water partition coefficient (Wildman–Crippen LogP) is -1.65. The molecular formula is C15H16ClN3O4. The van der Waals surface area contributed by atoms with Gasteiger partial charge in [-0.05, 0) is 25.0 Å². The SMILES string of the molecule is O=C(O)c1ccc(O)c(C2CCCN2c2nccc[nH+]2)c1O.[Cl-]. The van der Waals surface area contributed by atoms with Gasteiger partial charge in [-0.3, -0.25) is 4.90 Å². The van der Waals surface area contributed by atoms with Gasteiger partial charge in [0.25, 0.3) is 0 Å². The van der Waals surface area contributed by atoms with Crippen LogP contribution < -0.4 is 22.3 Å². The number of halogens is 1. The Morgan fingerprint density at radius 3 is 2.78 bits per heavy atom. The second-order valence-corrected chi connectivity index (χ2v) is 5.16. The third kappa shape index (κ3) is 3.00. The van der Waals surface area contributed by atoms with E-state index in [1.54, 1.807) is 18.5 Å². The fourth-order valence-corrected chi connectivity index (χ4v) is 2.89. The minimum absolute atomic E-state index is 0. The first-order valence-electron chi connectivity index (χ1n) is 6.97. The Bertz CT molecular complexity index is 711. The van der Waals surface area contributed by atoms with Crippen LogP contribution in [-0.4, -0.2) is 32.8 Å². The molecule has 122 valence electrons. The Morgan fingerprint density at radius 1 is 1.35 bits per heavy atom. The van der Waals surface area contributed by atoms with Crippen LogP contribution in [0, 0.1) is 0 Å². The maximum absolute atomic E-state index is 11.2. The fraction of sp³-hybridized carbons (Fsp3) is 0.267. The zero-order valence-electron chi connectivity index (χ0n) is 12.1. The van der Waals surface area contributed by atoms with E-state index in [4.69, 9.17) is 5.11 Å². The number of phenols is 2. The molecule has 2 aromatic rings. The number of phenolic OH excluding ortho intramolecular Hbond substituents is 1. The number of hydrogen-bond acceptors (Lipinski definition) is 5. The van der Waals surface area contributed by atoms with Crippen molar-refractivity contribution in [1.82, 2.24) is 4.98 Å². The van der Waals surface area contributed by atoms with Crippen LogP contribution in [0.5, 0.6) is 11.5 Å². The summed E-state index contributed by atoms with van der Waals surface area (Å²) in [6.45, 7) is 0.703. The first-order valence-corrected chi connectivity index (χ1v) is 6.97. The van der Waals surface area contributed by atoms with E-state index in [0.717, 1.165) is 6.42 Å². The smallest absolute Gasteiger partial charge is 0.391 e. The molecule has 8 heteroatoms. The molecule has 0 saturated carbocycles. The molecule has 4 N–H and O–H groups in total. The number of aromatic nitrogens is 2. The van der Waals surface area contributed by atoms with Gasteiger partial charge >= 0.3 is 11.9 Å². The van der Waals surface area contributed by atoms with Gasteiger partial charge in [-0.25, -0.2) is 9.78 Å². The predicted molar refractivity (Wildman–Crippen MR) is 76.8 cm³/mol. The number of nitrogens with zero attached hydrogens (tertiary/aromatic N) is 2. The van der Waals surface area contributed by atoms with Gasteiger partial charge in [0.05, 0.1) is 18.3 Å². The number of anilines is 1. The maximum atomic E-state index is 11.2. The molecular weight excluding hydrogens is 322 g/mol. The Balaban J connectivity index is 0.00000192. The third-order valence-corrected chi connectivity index (χ3v) is 3.87. The van der Waals surface area contributed by atoms with Crippen LogP contribution in [0.4, 0.5) is 5.95 Å². The number of carboxylic acid groups (broad SMARTS) is 1. The molecule has 1 aliphatic heterocycles. The molecule has 2 heterocycles. The number of rotatable bonds is 3. The molecule has 1 aliphatic rings. The average Bonchev–Trinajstić information content (AvgIpc) is 2.97. The van der Waals surface area contributed by atoms with Crippen LogP contribution >= 0.6 is 0 Å². The number of nitrogens with one attached hydrogen (secondary N) is 1. The summed E-state index contributed by atoms with van der Waals surface area (Å²) in [6, 6.07) is 3.93. The van der Waals surface area contributed by atoms with E-state index in [-0.39, 0.29) is 41.1 Å². The van der Waals surface area contributed by atoms with Gasteiger partial charge in [-0.2, -0.15) is 0 Å². The average molecular weight is 338 g/mol. The van der Waals surface area contributed by atoms with Crippen molar-refractivity contribution in [1.29, 1.82) is 0 Å². The van der Waals surface area contributed by atoms with E-state index < -0.39 is 5.97 Å². The molecule has 1 aromatic heterocycles. The minimum atomic E-state index is -1.23. The van der Waals surface area contributed by atoms with Crippen molar-refractivity contribution in [3.8, 4) is 11.5 Å². The first kappa shape index (κ1) is 16.8. The molecule has 1 unspecified atom stereocenters. The standard InChI is InChI=1S/C15H15N3O4.ClH/c19-11-5-4-9(14(21)22)13(20)12(11)10-3-1-8-18(10)15-16-6-2-7-17-15;/h2,4-7,10,19-20H,1,3,8H2,(H,21,22);1H. The van der Waals surface area contributed by atoms with Crippen molar-refractivity contribution in [2.75, 3.05) is 11.4 Å². The Kier molecular flexibility index (Phi) is 4.90. The van der Waals surface area contributed by atoms with Crippen molar-refractivity contribution >= 4 is 11.9 Å². The second-order valence-electron chi connectivity index (χ2n) is 5.16. The number of benzene rings is 1. The van der Waals surface area contributed by atoms with Gasteiger partial charge < -0.3 is 27.7 Å². The second kappa shape index (κ2) is 6.70. The normalized spacial score (nSPS) is 16.9. The highest BCUT2D eigenvalue weighted by atomic mass is 35.5. The summed E-state index contributed by atoms with van der Waals surface area (Å²) in [5.74, 6) is -1.12. The number of aromatic amines is 1. The lowest BCUT2D eigenvalue weighted by Gasteiger charge is -2.21. The number of H-pyrrole nitrogens is 1. The Morgan fingerprint density at radius 2 is 2.13 bits per heavy atom. The largest absolute Gasteiger partial charge is 1.00 e. The highest BCUT2D eigenvalue weighted by molar-refractivity contribution is 5.91. The van der Waals surface area contributed by atoms with Crippen LogP contribution in [0.2, 0.25) is 0 Å². The van der Waals surface area contributed by atoms with E-state index >= 15 is 0 Å². The quantitative estimate of drug-likeness (QED) is 0.619. The summed E-state index contributed by atoms with van der Waals surface area (Å²) < 4.78 is 0. The molecule has 0 radical (unpaired) electrons. The topological polar surface area (TPSA) is 108 Å². The molecule has 0 amide bonds. The van der Waals surface area contributed by atoms with Gasteiger partial charge in [-0.1, -0.05) is 4.98 Å². The molecule has 3 rings (SSSR count). The summed E-state index contributed by atoms with van der Waals surface area (Å²) in [6.07, 6.45) is 4.93. The molecule has 0 bridgehead atoms. The lowest BCUT2D eigenvalue weighted by atomic mass is 9.99. The molecule has 0 spiro atoms. The first-order chi connectivity index (χ1) is 10.6. The summed E-state index contributed by atoms with van der Waals surface area (Å²) in [7, 11) is 0. The number of aromatic hydroxyl groups is 2. The number of hydrogen-bond donors (Lipinski definition) is 3. The van der Waals surface area contributed by atoms with Crippen LogP contribution in [0.25, 0.3) is 0 Å². The van der Waals surface area contributed by atoms with Gasteiger partial charge in [0.15, 0.2) is 0 Å². The van der Waals surface area contributed by atoms with Crippen molar-refractivity contribution in [3.05, 3.63) is 41.7 Å². The molecule has 1 fully saturated rings. The maximum Gasteiger partial charge on any atom is 0.391 e. The van der Waals surface area contributed by atoms with Gasteiger partial charge in [0.1, 0.15) is 29.3 Å². The number of carbonyl (C=O) groups is 1. The van der Waals surface area contributed by atoms with Crippen LogP contribution in [0.1, 0.15) is 34.8 Å². The summed E-state index contributed by atoms with van der Waals surface area (Å²) >= 11 is 0. The van der Waals surface area contributed by atoms with Crippen molar-refractivity contribution in [3.63, 3.8) is 0 Å². The highest BCUT2D eigenvalue weighted by Gasteiger charge is 2.37. The molecule has 0 aliphatic carbocycles. The fourth-order valence-electron chi connectivity index (χ4n) is 2.89. The van der Waals surface area contributed by atoms with Crippen LogP contribution in [0.15, 0.2) is 30.6 Å². The van der Waals surface area contributed by atoms with E-state index in [1.165, 1.54) is 12.1 Å². The van der Waals surface area contributed by atoms with E-state index in [1.807, 2.05) is 4.90 Å². The van der Waals surface area contributed by atoms with Crippen LogP contribution in [-0.2, 0) is 0 Å². The van der Waals surface area contributed by atoms with Crippen molar-refractivity contribution in [2.45, 2.75) is 18.9 Å². The van der Waals surface area contributed by atoms with E-state index in [2.05, 4.69) is 9.97 Å². The highest BCUT2D eigenvalue weighted by Crippen LogP contribution is 2.43. The van der Waals surface area contributed by atoms with Crippen LogP contribution in [0.3, 0.4) is 0 Å². The third-order valence-electron chi connectivity index (χ3n) is 3.87.